The lowest BCUT2D eigenvalue weighted by atomic mass is 9.90. The molecule has 0 aromatic heterocycles. The zero-order chi connectivity index (χ0) is 16.1. The van der Waals surface area contributed by atoms with Crippen molar-refractivity contribution in [1.29, 1.82) is 0 Å². The van der Waals surface area contributed by atoms with E-state index in [1.54, 1.807) is 13.8 Å². The van der Waals surface area contributed by atoms with Gasteiger partial charge in [-0.1, -0.05) is 6.92 Å². The first-order valence-corrected chi connectivity index (χ1v) is 9.11. The molecule has 0 amide bonds. The Hall–Kier alpha value is -0.710. The lowest BCUT2D eigenvalue weighted by molar-refractivity contribution is -0.171. The molecule has 0 heterocycles. The van der Waals surface area contributed by atoms with Gasteiger partial charge in [-0.2, -0.15) is 0 Å². The van der Waals surface area contributed by atoms with Crippen molar-refractivity contribution in [3.8, 4) is 0 Å². The first-order valence-electron chi connectivity index (χ1n) is 7.00. The summed E-state index contributed by atoms with van der Waals surface area (Å²) in [5.41, 5.74) is -0.509. The Kier molecular flexibility index (Phi) is 7.63. The average Bonchev–Trinajstić information content (AvgIpc) is 2.36. The van der Waals surface area contributed by atoms with Crippen molar-refractivity contribution in [3.63, 3.8) is 0 Å². The molecular formula is C15H29O4S+. The second-order valence-electron chi connectivity index (χ2n) is 6.01. The van der Waals surface area contributed by atoms with E-state index in [-0.39, 0.29) is 28.1 Å². The third-order valence-corrected chi connectivity index (χ3v) is 5.34. The zero-order valence-corrected chi connectivity index (χ0v) is 14.8. The highest BCUT2D eigenvalue weighted by Gasteiger charge is 2.33. The predicted octanol–water partition coefficient (Wildman–Crippen LogP) is 2.55. The lowest BCUT2D eigenvalue weighted by Crippen LogP contribution is -2.38. The second kappa shape index (κ2) is 7.91. The number of carbonyl (C=O) groups excluding carboxylic acids is 2. The fourth-order valence-corrected chi connectivity index (χ4v) is 1.58. The number of ether oxygens (including phenoxy) is 2. The van der Waals surface area contributed by atoms with Crippen LogP contribution in [0.5, 0.6) is 0 Å². The van der Waals surface area contributed by atoms with Gasteiger partial charge in [0.2, 0.25) is 5.25 Å². The quantitative estimate of drug-likeness (QED) is 0.536. The van der Waals surface area contributed by atoms with Crippen molar-refractivity contribution in [2.45, 2.75) is 65.4 Å². The van der Waals surface area contributed by atoms with Gasteiger partial charge in [-0.15, -0.1) is 0 Å². The summed E-state index contributed by atoms with van der Waals surface area (Å²) in [5, 5.41) is -0.132. The molecule has 0 saturated heterocycles. The van der Waals surface area contributed by atoms with E-state index < -0.39 is 17.6 Å². The van der Waals surface area contributed by atoms with Crippen LogP contribution in [0.15, 0.2) is 0 Å². The van der Waals surface area contributed by atoms with Crippen molar-refractivity contribution >= 4 is 22.8 Å². The van der Waals surface area contributed by atoms with Crippen LogP contribution in [-0.2, 0) is 30.0 Å². The van der Waals surface area contributed by atoms with Crippen LogP contribution < -0.4 is 0 Å². The maximum absolute atomic E-state index is 12.0. The highest BCUT2D eigenvalue weighted by molar-refractivity contribution is 7.96. The van der Waals surface area contributed by atoms with Crippen LogP contribution in [0.25, 0.3) is 0 Å². The third kappa shape index (κ3) is 5.73. The van der Waals surface area contributed by atoms with Crippen molar-refractivity contribution in [2.24, 2.45) is 5.41 Å². The summed E-state index contributed by atoms with van der Waals surface area (Å²) in [5.74, 6) is -0.488. The Bertz CT molecular complexity index is 339. The molecule has 0 fully saturated rings. The van der Waals surface area contributed by atoms with Crippen LogP contribution in [0.1, 0.15) is 48.0 Å². The Morgan fingerprint density at radius 2 is 1.50 bits per heavy atom. The van der Waals surface area contributed by atoms with Gasteiger partial charge in [0.15, 0.2) is 0 Å². The molecule has 0 aliphatic heterocycles. The number of rotatable bonds is 7. The van der Waals surface area contributed by atoms with Gasteiger partial charge in [0.05, 0.1) is 17.9 Å². The topological polar surface area (TPSA) is 52.6 Å². The summed E-state index contributed by atoms with van der Waals surface area (Å²) in [6, 6.07) is 0. The molecule has 118 valence electrons. The summed E-state index contributed by atoms with van der Waals surface area (Å²) in [7, 11) is -0.0286. The first-order chi connectivity index (χ1) is 9.02. The van der Waals surface area contributed by atoms with Crippen molar-refractivity contribution < 1.29 is 19.1 Å². The zero-order valence-electron chi connectivity index (χ0n) is 14.0. The van der Waals surface area contributed by atoms with Crippen LogP contribution in [0.4, 0.5) is 0 Å². The van der Waals surface area contributed by atoms with E-state index in [0.29, 0.717) is 6.42 Å². The van der Waals surface area contributed by atoms with Gasteiger partial charge in [-0.3, -0.25) is 4.79 Å². The predicted molar refractivity (Wildman–Crippen MR) is 83.9 cm³/mol. The molecule has 0 aromatic carbocycles. The number of hydrogen-bond donors (Lipinski definition) is 0. The minimum absolute atomic E-state index is 0.0286. The smallest absolute Gasteiger partial charge is 0.359 e. The molecule has 0 aromatic rings. The van der Waals surface area contributed by atoms with Crippen LogP contribution in [0, 0.1) is 5.41 Å². The second-order valence-corrected chi connectivity index (χ2v) is 8.48. The van der Waals surface area contributed by atoms with Crippen LogP contribution >= 0.6 is 0 Å². The van der Waals surface area contributed by atoms with Crippen molar-refractivity contribution in [1.82, 2.24) is 0 Å². The van der Waals surface area contributed by atoms with Gasteiger partial charge in [-0.05, 0) is 51.9 Å². The van der Waals surface area contributed by atoms with E-state index in [4.69, 9.17) is 9.47 Å². The standard InChI is InChI=1S/C15H29O4S/c1-9-15(5,6)14(17)19-11(3)10(2)18-13(16)12(4)20(7)8/h10-12H,9H2,1-8H3/q+1. The molecular weight excluding hydrogens is 276 g/mol. The minimum Gasteiger partial charge on any atom is -0.458 e. The summed E-state index contributed by atoms with van der Waals surface area (Å²) >= 11 is 0. The molecule has 3 atom stereocenters. The minimum atomic E-state index is -0.509. The van der Waals surface area contributed by atoms with E-state index in [1.807, 2.05) is 40.2 Å². The van der Waals surface area contributed by atoms with Crippen LogP contribution in [0.2, 0.25) is 0 Å². The Labute approximate surface area is 125 Å². The summed E-state index contributed by atoms with van der Waals surface area (Å²) in [6.45, 7) is 11.0. The van der Waals surface area contributed by atoms with Gasteiger partial charge in [0.25, 0.3) is 0 Å². The molecule has 0 saturated carbocycles. The van der Waals surface area contributed by atoms with E-state index in [9.17, 15) is 9.59 Å². The average molecular weight is 305 g/mol. The SMILES string of the molecule is CCC(C)(C)C(=O)OC(C)C(C)OC(=O)C(C)[S+](C)C. The van der Waals surface area contributed by atoms with E-state index in [1.165, 1.54) is 0 Å². The summed E-state index contributed by atoms with van der Waals surface area (Å²) in [6.07, 6.45) is 3.83. The van der Waals surface area contributed by atoms with Crippen LogP contribution in [-0.4, -0.2) is 41.9 Å². The maximum Gasteiger partial charge on any atom is 0.359 e. The molecule has 5 heteroatoms. The molecule has 0 N–H and O–H groups in total. The lowest BCUT2D eigenvalue weighted by Gasteiger charge is -2.26. The molecule has 3 unspecified atom stereocenters. The molecule has 0 radical (unpaired) electrons. The number of esters is 2. The molecule has 4 nitrogen and oxygen atoms in total. The van der Waals surface area contributed by atoms with Gasteiger partial charge in [-0.25, -0.2) is 4.79 Å². The van der Waals surface area contributed by atoms with Crippen molar-refractivity contribution in [3.05, 3.63) is 0 Å². The van der Waals surface area contributed by atoms with Gasteiger partial charge < -0.3 is 9.47 Å². The van der Waals surface area contributed by atoms with Gasteiger partial charge in [0.1, 0.15) is 12.2 Å². The third-order valence-electron chi connectivity index (χ3n) is 3.73. The first kappa shape index (κ1) is 19.3. The molecule has 0 bridgehead atoms. The molecule has 0 aliphatic rings. The highest BCUT2D eigenvalue weighted by Crippen LogP contribution is 2.23. The molecule has 20 heavy (non-hydrogen) atoms. The van der Waals surface area contributed by atoms with Gasteiger partial charge >= 0.3 is 11.9 Å². The van der Waals surface area contributed by atoms with Gasteiger partial charge in [0, 0.05) is 0 Å². The summed E-state index contributed by atoms with van der Waals surface area (Å²) < 4.78 is 10.8. The fraction of sp³-hybridized carbons (Fsp3) is 0.867. The number of hydrogen-bond acceptors (Lipinski definition) is 4. The Balaban J connectivity index is 4.46. The molecule has 0 aliphatic carbocycles. The normalized spacial score (nSPS) is 16.4. The van der Waals surface area contributed by atoms with Crippen LogP contribution in [0.3, 0.4) is 0 Å². The van der Waals surface area contributed by atoms with E-state index in [0.717, 1.165) is 0 Å². The molecule has 0 spiro atoms. The fourth-order valence-electron chi connectivity index (χ4n) is 1.14. The number of carbonyl (C=O) groups is 2. The monoisotopic (exact) mass is 305 g/mol. The Morgan fingerprint density at radius 3 is 1.90 bits per heavy atom. The summed E-state index contributed by atoms with van der Waals surface area (Å²) in [4.78, 5) is 23.9. The highest BCUT2D eigenvalue weighted by atomic mass is 32.2. The van der Waals surface area contributed by atoms with Crippen molar-refractivity contribution in [2.75, 3.05) is 12.5 Å². The Morgan fingerprint density at radius 1 is 1.05 bits per heavy atom. The largest absolute Gasteiger partial charge is 0.458 e. The van der Waals surface area contributed by atoms with E-state index >= 15 is 0 Å². The van der Waals surface area contributed by atoms with E-state index in [2.05, 4.69) is 0 Å². The molecule has 0 rings (SSSR count). The maximum atomic E-state index is 12.0.